The van der Waals surface area contributed by atoms with Gasteiger partial charge in [0.2, 0.25) is 5.96 Å². The van der Waals surface area contributed by atoms with Crippen molar-refractivity contribution in [1.29, 1.82) is 0 Å². The molecule has 1 aromatic carbocycles. The molecule has 0 saturated carbocycles. The van der Waals surface area contributed by atoms with Gasteiger partial charge in [0.25, 0.3) is 0 Å². The van der Waals surface area contributed by atoms with Gasteiger partial charge in [-0.05, 0) is 37.0 Å². The summed E-state index contributed by atoms with van der Waals surface area (Å²) in [6.45, 7) is 2.28. The predicted molar refractivity (Wildman–Crippen MR) is 113 cm³/mol. The molecule has 1 aromatic heterocycles. The van der Waals surface area contributed by atoms with Crippen molar-refractivity contribution in [1.82, 2.24) is 20.2 Å². The summed E-state index contributed by atoms with van der Waals surface area (Å²) < 4.78 is 5.17. The first-order chi connectivity index (χ1) is 14.0. The van der Waals surface area contributed by atoms with Crippen molar-refractivity contribution in [3.05, 3.63) is 40.7 Å². The highest BCUT2D eigenvalue weighted by Gasteiger charge is 2.21. The van der Waals surface area contributed by atoms with Gasteiger partial charge >= 0.3 is 5.91 Å². The number of nitrogens with zero attached hydrogens (tertiary/aromatic N) is 4. The second-order valence-corrected chi connectivity index (χ2v) is 6.95. The first-order valence-corrected chi connectivity index (χ1v) is 9.69. The van der Waals surface area contributed by atoms with Gasteiger partial charge in [-0.25, -0.2) is 9.97 Å². The zero-order valence-electron chi connectivity index (χ0n) is 16.2. The van der Waals surface area contributed by atoms with Gasteiger partial charge in [-0.1, -0.05) is 23.7 Å². The van der Waals surface area contributed by atoms with Gasteiger partial charge < -0.3 is 26.4 Å². The average molecular weight is 418 g/mol. The molecule has 9 nitrogen and oxygen atoms in total. The molecule has 29 heavy (non-hydrogen) atoms. The smallest absolute Gasteiger partial charge is 0.302 e. The quantitative estimate of drug-likeness (QED) is 0.580. The molecule has 1 amide bonds. The van der Waals surface area contributed by atoms with E-state index in [-0.39, 0.29) is 22.5 Å². The Morgan fingerprint density at radius 1 is 1.24 bits per heavy atom. The number of methoxy groups -OCH3 is 1. The molecule has 1 aliphatic heterocycles. The van der Waals surface area contributed by atoms with Crippen molar-refractivity contribution >= 4 is 35.1 Å². The fourth-order valence-corrected chi connectivity index (χ4v) is 3.15. The van der Waals surface area contributed by atoms with Gasteiger partial charge in [-0.3, -0.25) is 4.79 Å². The lowest BCUT2D eigenvalue weighted by Gasteiger charge is -2.17. The largest absolute Gasteiger partial charge is 0.497 e. The Kier molecular flexibility index (Phi) is 6.71. The Bertz CT molecular complexity index is 902. The number of aryl methyl sites for hydroxylation is 1. The maximum Gasteiger partial charge on any atom is 0.302 e. The van der Waals surface area contributed by atoms with Crippen LogP contribution in [0.4, 0.5) is 11.6 Å². The number of halogens is 1. The Hall–Kier alpha value is -3.07. The minimum Gasteiger partial charge on any atom is -0.497 e. The number of rotatable bonds is 7. The van der Waals surface area contributed by atoms with Crippen molar-refractivity contribution in [3.63, 3.8) is 0 Å². The van der Waals surface area contributed by atoms with Crippen LogP contribution < -0.4 is 21.5 Å². The molecule has 2 heterocycles. The lowest BCUT2D eigenvalue weighted by atomic mass is 10.1. The molecule has 154 valence electrons. The topological polar surface area (TPSA) is 132 Å². The van der Waals surface area contributed by atoms with E-state index < -0.39 is 5.91 Å². The number of aromatic nitrogens is 2. The van der Waals surface area contributed by atoms with Crippen LogP contribution in [-0.2, 0) is 6.42 Å². The highest BCUT2D eigenvalue weighted by molar-refractivity contribution is 6.31. The maximum absolute atomic E-state index is 12.5. The number of hydrogen-bond acceptors (Lipinski definition) is 6. The minimum atomic E-state index is -0.607. The summed E-state index contributed by atoms with van der Waals surface area (Å²) in [4.78, 5) is 26.3. The van der Waals surface area contributed by atoms with Crippen molar-refractivity contribution in [2.24, 2.45) is 4.99 Å². The average Bonchev–Trinajstić information content (AvgIpc) is 3.15. The van der Waals surface area contributed by atoms with Gasteiger partial charge in [-0.15, -0.1) is 0 Å². The molecule has 5 N–H and O–H groups in total. The van der Waals surface area contributed by atoms with E-state index >= 15 is 0 Å². The number of unbranched alkanes of at least 4 members (excludes halogenated alkanes) is 1. The van der Waals surface area contributed by atoms with Crippen molar-refractivity contribution in [3.8, 4) is 5.75 Å². The first kappa shape index (κ1) is 20.7. The fraction of sp³-hybridized carbons (Fsp3) is 0.368. The number of nitrogens with two attached hydrogens (primary N) is 2. The molecule has 1 aliphatic rings. The molecule has 0 bridgehead atoms. The van der Waals surface area contributed by atoms with E-state index in [1.54, 1.807) is 7.11 Å². The first-order valence-electron chi connectivity index (χ1n) is 9.31. The number of aliphatic imine (C=N–C) groups is 1. The molecule has 1 fully saturated rings. The van der Waals surface area contributed by atoms with Gasteiger partial charge in [0.05, 0.1) is 7.11 Å². The van der Waals surface area contributed by atoms with Crippen molar-refractivity contribution in [2.45, 2.75) is 19.3 Å². The van der Waals surface area contributed by atoms with Crippen LogP contribution in [0, 0.1) is 0 Å². The van der Waals surface area contributed by atoms with Gasteiger partial charge in [0.1, 0.15) is 5.75 Å². The van der Waals surface area contributed by atoms with Gasteiger partial charge in [0, 0.05) is 19.6 Å². The van der Waals surface area contributed by atoms with E-state index in [4.69, 9.17) is 27.8 Å². The van der Waals surface area contributed by atoms with Crippen LogP contribution in [0.15, 0.2) is 29.3 Å². The van der Waals surface area contributed by atoms with Crippen LogP contribution >= 0.6 is 11.6 Å². The lowest BCUT2D eigenvalue weighted by molar-refractivity contribution is 0.0997. The molecular weight excluding hydrogens is 394 g/mol. The van der Waals surface area contributed by atoms with E-state index in [0.29, 0.717) is 12.5 Å². The summed E-state index contributed by atoms with van der Waals surface area (Å²) in [5, 5.41) is 3.05. The fourth-order valence-electron chi connectivity index (χ4n) is 3.02. The number of benzene rings is 1. The van der Waals surface area contributed by atoms with Crippen LogP contribution in [0.2, 0.25) is 5.15 Å². The molecule has 0 aliphatic carbocycles. The third kappa shape index (κ3) is 5.26. The number of amides is 1. The lowest BCUT2D eigenvalue weighted by Crippen LogP contribution is -2.32. The number of nitrogens with one attached hydrogen (secondary N) is 1. The van der Waals surface area contributed by atoms with Gasteiger partial charge in [0.15, 0.2) is 22.5 Å². The SMILES string of the molecule is COc1ccc(CCCCN2CCN/C2=N/C(=O)c2nc(Cl)c(N)nc2N)cc1. The monoisotopic (exact) mass is 417 g/mol. The second-order valence-electron chi connectivity index (χ2n) is 6.59. The number of carbonyl (C=O) groups excluding carboxylic acids is 1. The summed E-state index contributed by atoms with van der Waals surface area (Å²) in [6.07, 6.45) is 2.97. The normalized spacial score (nSPS) is 14.8. The number of hydrogen-bond donors (Lipinski definition) is 3. The number of anilines is 2. The second kappa shape index (κ2) is 9.42. The summed E-state index contributed by atoms with van der Waals surface area (Å²) in [5.74, 6) is 0.643. The summed E-state index contributed by atoms with van der Waals surface area (Å²) in [5.41, 5.74) is 12.4. The third-order valence-corrected chi connectivity index (χ3v) is 4.86. The van der Waals surface area contributed by atoms with Gasteiger partial charge in [-0.2, -0.15) is 4.99 Å². The molecule has 0 radical (unpaired) electrons. The van der Waals surface area contributed by atoms with Crippen LogP contribution in [0.3, 0.4) is 0 Å². The Morgan fingerprint density at radius 2 is 2.00 bits per heavy atom. The number of carbonyl (C=O) groups is 1. The number of nitrogen functional groups attached to an aromatic ring is 2. The maximum atomic E-state index is 12.5. The Labute approximate surface area is 174 Å². The predicted octanol–water partition coefficient (Wildman–Crippen LogP) is 1.73. The molecule has 0 spiro atoms. The standard InChI is InChI=1S/C19H24ClN7O2/c1-29-13-7-5-12(6-8-13)4-2-3-10-27-11-9-23-19(27)26-18(28)14-16(21)25-17(22)15(20)24-14/h5-8H,2-4,9-11H2,1H3,(H4,21,22,25)(H,23,26,28). The molecule has 0 unspecified atom stereocenters. The molecular formula is C19H24ClN7O2. The van der Waals surface area contributed by atoms with Crippen molar-refractivity contribution in [2.75, 3.05) is 38.2 Å². The molecule has 10 heteroatoms. The third-order valence-electron chi connectivity index (χ3n) is 4.58. The molecule has 0 atom stereocenters. The Balaban J connectivity index is 1.55. The Morgan fingerprint density at radius 3 is 2.72 bits per heavy atom. The molecule has 1 saturated heterocycles. The van der Waals surface area contributed by atoms with Crippen molar-refractivity contribution < 1.29 is 9.53 Å². The zero-order chi connectivity index (χ0) is 20.8. The minimum absolute atomic E-state index is 0.0224. The highest BCUT2D eigenvalue weighted by Crippen LogP contribution is 2.18. The van der Waals surface area contributed by atoms with Crippen LogP contribution in [0.5, 0.6) is 5.75 Å². The van der Waals surface area contributed by atoms with E-state index in [1.807, 2.05) is 17.0 Å². The van der Waals surface area contributed by atoms with E-state index in [0.717, 1.165) is 38.1 Å². The summed E-state index contributed by atoms with van der Waals surface area (Å²) in [7, 11) is 1.66. The van der Waals surface area contributed by atoms with Crippen LogP contribution in [-0.4, -0.2) is 53.5 Å². The van der Waals surface area contributed by atoms with E-state index in [2.05, 4.69) is 32.4 Å². The van der Waals surface area contributed by atoms with E-state index in [1.165, 1.54) is 5.56 Å². The van der Waals surface area contributed by atoms with Crippen LogP contribution in [0.1, 0.15) is 28.9 Å². The zero-order valence-corrected chi connectivity index (χ0v) is 16.9. The van der Waals surface area contributed by atoms with Crippen LogP contribution in [0.25, 0.3) is 0 Å². The summed E-state index contributed by atoms with van der Waals surface area (Å²) in [6, 6.07) is 8.08. The summed E-state index contributed by atoms with van der Waals surface area (Å²) >= 11 is 5.84. The molecule has 2 aromatic rings. The highest BCUT2D eigenvalue weighted by atomic mass is 35.5. The number of ether oxygens (including phenoxy) is 1. The number of guanidine groups is 1. The van der Waals surface area contributed by atoms with E-state index in [9.17, 15) is 4.79 Å². The molecule has 3 rings (SSSR count).